The van der Waals surface area contributed by atoms with Gasteiger partial charge in [-0.2, -0.15) is 13.2 Å². The highest BCUT2D eigenvalue weighted by molar-refractivity contribution is 7.99. The van der Waals surface area contributed by atoms with Gasteiger partial charge in [0.1, 0.15) is 0 Å². The first-order valence-electron chi connectivity index (χ1n) is 8.07. The van der Waals surface area contributed by atoms with Crippen molar-refractivity contribution in [2.45, 2.75) is 16.8 Å². The highest BCUT2D eigenvalue weighted by atomic mass is 32.2. The number of halogens is 3. The van der Waals surface area contributed by atoms with Crippen LogP contribution in [0.4, 0.5) is 18.9 Å². The monoisotopic (exact) mass is 432 g/mol. The third kappa shape index (κ3) is 5.73. The molecule has 0 aromatic heterocycles. The van der Waals surface area contributed by atoms with Crippen molar-refractivity contribution in [1.29, 1.82) is 0 Å². The molecule has 2 rings (SSSR count). The molecule has 0 aliphatic carbocycles. The van der Waals surface area contributed by atoms with E-state index in [1.165, 1.54) is 56.2 Å². The number of rotatable bonds is 7. The maximum absolute atomic E-state index is 13.0. The molecule has 2 aromatic rings. The molecule has 5 nitrogen and oxygen atoms in total. The second-order valence-electron chi connectivity index (χ2n) is 6.02. The van der Waals surface area contributed by atoms with E-state index < -0.39 is 27.7 Å². The Morgan fingerprint density at radius 1 is 1.11 bits per heavy atom. The zero-order valence-electron chi connectivity index (χ0n) is 15.2. The van der Waals surface area contributed by atoms with Crippen LogP contribution < -0.4 is 5.32 Å². The quantitative estimate of drug-likeness (QED) is 0.722. The Balaban J connectivity index is 1.97. The number of para-hydroxylation sites is 1. The van der Waals surface area contributed by atoms with Crippen LogP contribution in [0.1, 0.15) is 11.1 Å². The molecule has 0 atom stereocenters. The summed E-state index contributed by atoms with van der Waals surface area (Å²) in [4.78, 5) is 12.1. The number of nitrogens with zero attached hydrogens (tertiary/aromatic N) is 1. The van der Waals surface area contributed by atoms with Crippen LogP contribution in [0, 0.1) is 0 Å². The standard InChI is InChI=1S/C18H19F3N2O3S2/c1-23(2)28(25,26)14-7-5-6-13(10-14)11-27-12-17(24)22-16-9-4-3-8-15(16)18(19,20)21/h3-10H,11-12H2,1-2H3,(H,22,24). The largest absolute Gasteiger partial charge is 0.418 e. The van der Waals surface area contributed by atoms with E-state index in [1.807, 2.05) is 0 Å². The van der Waals surface area contributed by atoms with Crippen LogP contribution in [0.15, 0.2) is 53.4 Å². The number of benzene rings is 2. The molecule has 0 bridgehead atoms. The Hall–Kier alpha value is -2.04. The second kappa shape index (κ2) is 8.97. The topological polar surface area (TPSA) is 66.5 Å². The van der Waals surface area contributed by atoms with E-state index in [2.05, 4.69) is 5.32 Å². The van der Waals surface area contributed by atoms with E-state index in [4.69, 9.17) is 0 Å². The maximum Gasteiger partial charge on any atom is 0.418 e. The van der Waals surface area contributed by atoms with E-state index in [1.54, 1.807) is 12.1 Å². The fourth-order valence-corrected chi connectivity index (χ4v) is 4.04. The fraction of sp³-hybridized carbons (Fsp3) is 0.278. The molecule has 0 radical (unpaired) electrons. The van der Waals surface area contributed by atoms with Gasteiger partial charge in [-0.1, -0.05) is 24.3 Å². The van der Waals surface area contributed by atoms with Gasteiger partial charge < -0.3 is 5.32 Å². The van der Waals surface area contributed by atoms with E-state index in [-0.39, 0.29) is 16.3 Å². The second-order valence-corrected chi connectivity index (χ2v) is 9.16. The Labute approximate surface area is 166 Å². The zero-order valence-corrected chi connectivity index (χ0v) is 16.8. The van der Waals surface area contributed by atoms with Crippen molar-refractivity contribution in [3.8, 4) is 0 Å². The van der Waals surface area contributed by atoms with Crippen LogP contribution in [0.3, 0.4) is 0 Å². The van der Waals surface area contributed by atoms with Crippen molar-refractivity contribution >= 4 is 33.4 Å². The van der Waals surface area contributed by atoms with Gasteiger partial charge in [0.2, 0.25) is 15.9 Å². The van der Waals surface area contributed by atoms with Crippen molar-refractivity contribution in [3.63, 3.8) is 0 Å². The molecule has 0 saturated heterocycles. The summed E-state index contributed by atoms with van der Waals surface area (Å²) in [6.07, 6.45) is -4.56. The number of hydrogen-bond donors (Lipinski definition) is 1. The zero-order chi connectivity index (χ0) is 20.9. The lowest BCUT2D eigenvalue weighted by atomic mass is 10.1. The Morgan fingerprint density at radius 3 is 2.43 bits per heavy atom. The molecule has 28 heavy (non-hydrogen) atoms. The van der Waals surface area contributed by atoms with Gasteiger partial charge in [-0.05, 0) is 29.8 Å². The van der Waals surface area contributed by atoms with Gasteiger partial charge in [-0.3, -0.25) is 4.79 Å². The normalized spacial score (nSPS) is 12.2. The summed E-state index contributed by atoms with van der Waals surface area (Å²) in [6, 6.07) is 11.1. The van der Waals surface area contributed by atoms with E-state index in [9.17, 15) is 26.4 Å². The lowest BCUT2D eigenvalue weighted by Crippen LogP contribution is -2.22. The molecule has 1 N–H and O–H groups in total. The van der Waals surface area contributed by atoms with Gasteiger partial charge in [0.05, 0.1) is 21.9 Å². The minimum atomic E-state index is -4.56. The molecule has 152 valence electrons. The lowest BCUT2D eigenvalue weighted by Gasteiger charge is -2.13. The third-order valence-corrected chi connectivity index (χ3v) is 6.50. The van der Waals surface area contributed by atoms with Crippen LogP contribution in [0.5, 0.6) is 0 Å². The minimum absolute atomic E-state index is 0.0726. The molecular weight excluding hydrogens is 413 g/mol. The van der Waals surface area contributed by atoms with Crippen LogP contribution in [-0.4, -0.2) is 38.5 Å². The number of nitrogens with one attached hydrogen (secondary N) is 1. The molecular formula is C18H19F3N2O3S2. The maximum atomic E-state index is 13.0. The number of sulfonamides is 1. The predicted molar refractivity (Wildman–Crippen MR) is 104 cm³/mol. The molecule has 10 heteroatoms. The summed E-state index contributed by atoms with van der Waals surface area (Å²) in [7, 11) is -0.701. The van der Waals surface area contributed by atoms with Gasteiger partial charge in [0.25, 0.3) is 0 Å². The summed E-state index contributed by atoms with van der Waals surface area (Å²) in [5, 5.41) is 2.27. The summed E-state index contributed by atoms with van der Waals surface area (Å²) in [5.41, 5.74) is -0.508. The average Bonchev–Trinajstić information content (AvgIpc) is 2.61. The Bertz CT molecular complexity index is 945. The van der Waals surface area contributed by atoms with Crippen molar-refractivity contribution < 1.29 is 26.4 Å². The third-order valence-electron chi connectivity index (χ3n) is 3.69. The summed E-state index contributed by atoms with van der Waals surface area (Å²) in [5.74, 6) is -0.305. The number of anilines is 1. The molecule has 0 heterocycles. The number of thioether (sulfide) groups is 1. The molecule has 2 aromatic carbocycles. The molecule has 1 amide bonds. The fourth-order valence-electron chi connectivity index (χ4n) is 2.29. The van der Waals surface area contributed by atoms with E-state index in [0.29, 0.717) is 11.3 Å². The van der Waals surface area contributed by atoms with Gasteiger partial charge >= 0.3 is 6.18 Å². The van der Waals surface area contributed by atoms with Gasteiger partial charge in [0, 0.05) is 19.8 Å². The van der Waals surface area contributed by atoms with Gasteiger partial charge in [-0.25, -0.2) is 12.7 Å². The van der Waals surface area contributed by atoms with Crippen LogP contribution in [0.2, 0.25) is 0 Å². The predicted octanol–water partition coefficient (Wildman–Crippen LogP) is 3.83. The highest BCUT2D eigenvalue weighted by Crippen LogP contribution is 2.34. The average molecular weight is 432 g/mol. The van der Waals surface area contributed by atoms with Crippen molar-refractivity contribution in [1.82, 2.24) is 4.31 Å². The molecule has 0 fully saturated rings. The summed E-state index contributed by atoms with van der Waals surface area (Å²) >= 11 is 1.17. The van der Waals surface area contributed by atoms with Crippen LogP contribution in [-0.2, 0) is 26.7 Å². The molecule has 0 saturated carbocycles. The van der Waals surface area contributed by atoms with Crippen LogP contribution in [0.25, 0.3) is 0 Å². The first-order chi connectivity index (χ1) is 13.0. The highest BCUT2D eigenvalue weighted by Gasteiger charge is 2.33. The van der Waals surface area contributed by atoms with E-state index in [0.717, 1.165) is 10.4 Å². The van der Waals surface area contributed by atoms with Crippen molar-refractivity contribution in [3.05, 3.63) is 59.7 Å². The summed E-state index contributed by atoms with van der Waals surface area (Å²) < 4.78 is 64.3. The lowest BCUT2D eigenvalue weighted by molar-refractivity contribution is -0.137. The van der Waals surface area contributed by atoms with Crippen molar-refractivity contribution in [2.75, 3.05) is 25.2 Å². The van der Waals surface area contributed by atoms with Crippen molar-refractivity contribution in [2.24, 2.45) is 0 Å². The molecule has 0 aliphatic heterocycles. The number of alkyl halides is 3. The number of amides is 1. The molecule has 0 unspecified atom stereocenters. The first kappa shape index (κ1) is 22.3. The minimum Gasteiger partial charge on any atom is -0.325 e. The SMILES string of the molecule is CN(C)S(=O)(=O)c1cccc(CSCC(=O)Nc2ccccc2C(F)(F)F)c1. The summed E-state index contributed by atoms with van der Waals surface area (Å²) in [6.45, 7) is 0. The smallest absolute Gasteiger partial charge is 0.325 e. The Kier molecular flexibility index (Phi) is 7.13. The first-order valence-corrected chi connectivity index (χ1v) is 10.7. The number of hydrogen-bond acceptors (Lipinski definition) is 4. The van der Waals surface area contributed by atoms with Crippen LogP contribution >= 0.6 is 11.8 Å². The molecule has 0 aliphatic rings. The number of carbonyl (C=O) groups is 1. The Morgan fingerprint density at radius 2 is 1.79 bits per heavy atom. The van der Waals surface area contributed by atoms with E-state index >= 15 is 0 Å². The van der Waals surface area contributed by atoms with Gasteiger partial charge in [0.15, 0.2) is 0 Å². The molecule has 0 spiro atoms. The van der Waals surface area contributed by atoms with Gasteiger partial charge in [-0.15, -0.1) is 11.8 Å². The number of carbonyl (C=O) groups excluding carboxylic acids is 1.